The quantitative estimate of drug-likeness (QED) is 0.408. The Hall–Kier alpha value is -3.53. The van der Waals surface area contributed by atoms with Crippen LogP contribution in [0, 0.1) is 5.82 Å². The Morgan fingerprint density at radius 2 is 1.76 bits per heavy atom. The zero-order valence-corrected chi connectivity index (χ0v) is 19.3. The van der Waals surface area contributed by atoms with Crippen LogP contribution in [0.25, 0.3) is 0 Å². The average Bonchev–Trinajstić information content (AvgIpc) is 3.35. The van der Waals surface area contributed by atoms with Crippen molar-refractivity contribution in [1.82, 2.24) is 15.3 Å². The van der Waals surface area contributed by atoms with E-state index in [1.54, 1.807) is 6.20 Å². The SMILES string of the molecule is O=C(CSc1nccc(N2CCN(c3ccc(F)cc3)CC2)n1)NCc1ccc2c(c1)OCO2. The molecule has 8 nitrogen and oxygen atoms in total. The van der Waals surface area contributed by atoms with Gasteiger partial charge < -0.3 is 24.6 Å². The van der Waals surface area contributed by atoms with Crippen LogP contribution < -0.4 is 24.6 Å². The number of piperazine rings is 1. The van der Waals surface area contributed by atoms with Gasteiger partial charge in [-0.25, -0.2) is 14.4 Å². The molecular weight excluding hydrogens is 457 g/mol. The van der Waals surface area contributed by atoms with Gasteiger partial charge in [0.25, 0.3) is 0 Å². The van der Waals surface area contributed by atoms with Crippen molar-refractivity contribution in [2.45, 2.75) is 11.7 Å². The van der Waals surface area contributed by atoms with Gasteiger partial charge in [-0.3, -0.25) is 4.79 Å². The zero-order valence-electron chi connectivity index (χ0n) is 18.4. The highest BCUT2D eigenvalue weighted by molar-refractivity contribution is 7.99. The van der Waals surface area contributed by atoms with Gasteiger partial charge in [0.15, 0.2) is 16.7 Å². The summed E-state index contributed by atoms with van der Waals surface area (Å²) in [5.74, 6) is 2.17. The van der Waals surface area contributed by atoms with E-state index < -0.39 is 0 Å². The fourth-order valence-corrected chi connectivity index (χ4v) is 4.51. The number of fused-ring (bicyclic) bond motifs is 1. The Bertz CT molecular complexity index is 1160. The van der Waals surface area contributed by atoms with Crippen LogP contribution >= 0.6 is 11.8 Å². The van der Waals surface area contributed by atoms with Crippen LogP contribution in [0.2, 0.25) is 0 Å². The van der Waals surface area contributed by atoms with E-state index in [2.05, 4.69) is 25.1 Å². The monoisotopic (exact) mass is 481 g/mol. The lowest BCUT2D eigenvalue weighted by atomic mass is 10.2. The number of nitrogens with one attached hydrogen (secondary N) is 1. The number of halogens is 1. The van der Waals surface area contributed by atoms with E-state index in [9.17, 15) is 9.18 Å². The van der Waals surface area contributed by atoms with Crippen molar-refractivity contribution in [3.05, 3.63) is 66.1 Å². The molecule has 0 aliphatic carbocycles. The molecular formula is C24H24FN5O3S. The van der Waals surface area contributed by atoms with Crippen LogP contribution in [0.1, 0.15) is 5.56 Å². The lowest BCUT2D eigenvalue weighted by Gasteiger charge is -2.36. The van der Waals surface area contributed by atoms with Crippen LogP contribution in [-0.4, -0.2) is 54.6 Å². The number of benzene rings is 2. The molecule has 3 aromatic rings. The van der Waals surface area contributed by atoms with Crippen molar-refractivity contribution >= 4 is 29.2 Å². The third kappa shape index (κ3) is 5.33. The minimum absolute atomic E-state index is 0.0930. The minimum atomic E-state index is -0.227. The van der Waals surface area contributed by atoms with Crippen LogP contribution in [0.15, 0.2) is 59.9 Å². The second-order valence-electron chi connectivity index (χ2n) is 7.90. The summed E-state index contributed by atoms with van der Waals surface area (Å²) >= 11 is 1.31. The molecule has 2 aliphatic heterocycles. The van der Waals surface area contributed by atoms with Crippen molar-refractivity contribution in [3.63, 3.8) is 0 Å². The number of thioether (sulfide) groups is 1. The molecule has 0 bridgehead atoms. The maximum Gasteiger partial charge on any atom is 0.231 e. The summed E-state index contributed by atoms with van der Waals surface area (Å²) in [6.07, 6.45) is 1.72. The number of ether oxygens (including phenoxy) is 2. The van der Waals surface area contributed by atoms with Gasteiger partial charge in [0.1, 0.15) is 11.6 Å². The van der Waals surface area contributed by atoms with Crippen LogP contribution in [-0.2, 0) is 11.3 Å². The topological polar surface area (TPSA) is 79.8 Å². The van der Waals surface area contributed by atoms with Gasteiger partial charge in [-0.05, 0) is 48.0 Å². The molecule has 3 heterocycles. The van der Waals surface area contributed by atoms with E-state index in [0.29, 0.717) is 17.5 Å². The van der Waals surface area contributed by atoms with Crippen molar-refractivity contribution in [3.8, 4) is 11.5 Å². The van der Waals surface area contributed by atoms with Gasteiger partial charge in [0, 0.05) is 44.6 Å². The van der Waals surface area contributed by atoms with Crippen molar-refractivity contribution in [2.24, 2.45) is 0 Å². The van der Waals surface area contributed by atoms with E-state index in [4.69, 9.17) is 9.47 Å². The molecule has 0 unspecified atom stereocenters. The van der Waals surface area contributed by atoms with E-state index in [-0.39, 0.29) is 24.3 Å². The molecule has 0 atom stereocenters. The first kappa shape index (κ1) is 22.3. The van der Waals surface area contributed by atoms with E-state index in [1.807, 2.05) is 36.4 Å². The molecule has 176 valence electrons. The first-order chi connectivity index (χ1) is 16.6. The average molecular weight is 482 g/mol. The second-order valence-corrected chi connectivity index (χ2v) is 8.84. The number of anilines is 2. The highest BCUT2D eigenvalue weighted by Crippen LogP contribution is 2.32. The smallest absolute Gasteiger partial charge is 0.231 e. The Kier molecular flexibility index (Phi) is 6.66. The molecule has 0 spiro atoms. The number of amides is 1. The highest BCUT2D eigenvalue weighted by Gasteiger charge is 2.19. The number of nitrogens with zero attached hydrogens (tertiary/aromatic N) is 4. The van der Waals surface area contributed by atoms with Crippen molar-refractivity contribution in [2.75, 3.05) is 48.5 Å². The molecule has 1 aromatic heterocycles. The van der Waals surface area contributed by atoms with E-state index in [1.165, 1.54) is 23.9 Å². The van der Waals surface area contributed by atoms with Gasteiger partial charge in [0.2, 0.25) is 12.7 Å². The van der Waals surface area contributed by atoms with E-state index >= 15 is 0 Å². The molecule has 5 rings (SSSR count). The van der Waals surface area contributed by atoms with Crippen LogP contribution in [0.5, 0.6) is 11.5 Å². The number of hydrogen-bond acceptors (Lipinski definition) is 8. The van der Waals surface area contributed by atoms with Crippen molar-refractivity contribution < 1.29 is 18.7 Å². The molecule has 10 heteroatoms. The third-order valence-corrected chi connectivity index (χ3v) is 6.53. The largest absolute Gasteiger partial charge is 0.454 e. The van der Waals surface area contributed by atoms with Gasteiger partial charge in [-0.2, -0.15) is 0 Å². The molecule has 1 saturated heterocycles. The lowest BCUT2D eigenvalue weighted by Crippen LogP contribution is -2.46. The van der Waals surface area contributed by atoms with Crippen molar-refractivity contribution in [1.29, 1.82) is 0 Å². The third-order valence-electron chi connectivity index (χ3n) is 5.67. The Morgan fingerprint density at radius 3 is 2.59 bits per heavy atom. The molecule has 34 heavy (non-hydrogen) atoms. The van der Waals surface area contributed by atoms with Crippen LogP contribution in [0.3, 0.4) is 0 Å². The Morgan fingerprint density at radius 1 is 1.00 bits per heavy atom. The predicted octanol–water partition coefficient (Wildman–Crippen LogP) is 3.08. The normalized spacial score (nSPS) is 14.9. The number of carbonyl (C=O) groups excluding carboxylic acids is 1. The minimum Gasteiger partial charge on any atom is -0.454 e. The first-order valence-electron chi connectivity index (χ1n) is 11.0. The summed E-state index contributed by atoms with van der Waals surface area (Å²) in [7, 11) is 0. The van der Waals surface area contributed by atoms with Gasteiger partial charge in [-0.15, -0.1) is 0 Å². The summed E-state index contributed by atoms with van der Waals surface area (Å²) in [6.45, 7) is 3.88. The molecule has 1 N–H and O–H groups in total. The molecule has 0 saturated carbocycles. The fraction of sp³-hybridized carbons (Fsp3) is 0.292. The van der Waals surface area contributed by atoms with Gasteiger partial charge >= 0.3 is 0 Å². The predicted molar refractivity (Wildman–Crippen MR) is 128 cm³/mol. The number of aromatic nitrogens is 2. The number of hydrogen-bond donors (Lipinski definition) is 1. The summed E-state index contributed by atoms with van der Waals surface area (Å²) in [4.78, 5) is 25.7. The highest BCUT2D eigenvalue weighted by atomic mass is 32.2. The van der Waals surface area contributed by atoms with Crippen LogP contribution in [0.4, 0.5) is 15.9 Å². The first-order valence-corrected chi connectivity index (χ1v) is 12.0. The Balaban J connectivity index is 1.10. The second kappa shape index (κ2) is 10.2. The molecule has 1 fully saturated rings. The standard InChI is InChI=1S/C24H24FN5O3S/c25-18-2-4-19(5-3-18)29-9-11-30(12-10-29)22-7-8-26-24(28-22)34-15-23(31)27-14-17-1-6-20-21(13-17)33-16-32-20/h1-8,13H,9-12,14-16H2,(H,27,31). The lowest BCUT2D eigenvalue weighted by molar-refractivity contribution is -0.118. The molecule has 0 radical (unpaired) electrons. The maximum atomic E-state index is 13.2. The van der Waals surface area contributed by atoms with Gasteiger partial charge in [-0.1, -0.05) is 17.8 Å². The fourth-order valence-electron chi connectivity index (χ4n) is 3.86. The molecule has 2 aliphatic rings. The summed E-state index contributed by atoms with van der Waals surface area (Å²) in [5, 5.41) is 3.48. The summed E-state index contributed by atoms with van der Waals surface area (Å²) in [6, 6.07) is 14.1. The summed E-state index contributed by atoms with van der Waals surface area (Å²) < 4.78 is 23.8. The maximum absolute atomic E-state index is 13.2. The summed E-state index contributed by atoms with van der Waals surface area (Å²) in [5.41, 5.74) is 1.97. The number of carbonyl (C=O) groups is 1. The molecule has 2 aromatic carbocycles. The number of rotatable bonds is 7. The zero-order chi connectivity index (χ0) is 23.3. The van der Waals surface area contributed by atoms with Gasteiger partial charge in [0.05, 0.1) is 5.75 Å². The van der Waals surface area contributed by atoms with E-state index in [0.717, 1.165) is 49.0 Å². The molecule has 1 amide bonds. The Labute approximate surface area is 201 Å².